The van der Waals surface area contributed by atoms with Crippen LogP contribution >= 0.6 is 11.6 Å². The van der Waals surface area contributed by atoms with Crippen molar-refractivity contribution in [2.45, 2.75) is 20.0 Å². The lowest BCUT2D eigenvalue weighted by molar-refractivity contribution is -0.129. The minimum atomic E-state index is -0.796. The zero-order valence-electron chi connectivity index (χ0n) is 16.1. The van der Waals surface area contributed by atoms with Crippen LogP contribution in [0.3, 0.4) is 0 Å². The Hall–Kier alpha value is -3.32. The largest absolute Gasteiger partial charge is 0.479 e. The highest BCUT2D eigenvalue weighted by Crippen LogP contribution is 2.26. The summed E-state index contributed by atoms with van der Waals surface area (Å²) in [5.74, 6) is -0.325. The van der Waals surface area contributed by atoms with E-state index in [0.717, 1.165) is 11.3 Å². The summed E-state index contributed by atoms with van der Waals surface area (Å²) in [6, 6.07) is 14.4. The summed E-state index contributed by atoms with van der Waals surface area (Å²) in [6.07, 6.45) is 2.72. The average molecular weight is 413 g/mol. The van der Waals surface area contributed by atoms with Gasteiger partial charge in [0.25, 0.3) is 5.91 Å². The molecule has 0 spiro atoms. The molecule has 3 aromatic rings. The first-order valence-corrected chi connectivity index (χ1v) is 9.40. The summed E-state index contributed by atoms with van der Waals surface area (Å²) in [5.41, 5.74) is 2.47. The number of nitrogens with one attached hydrogen (secondary N) is 2. The van der Waals surface area contributed by atoms with Crippen LogP contribution in [0.2, 0.25) is 5.02 Å². The molecule has 29 heavy (non-hydrogen) atoms. The van der Waals surface area contributed by atoms with Gasteiger partial charge < -0.3 is 15.4 Å². The molecule has 0 aliphatic rings. The van der Waals surface area contributed by atoms with Gasteiger partial charge in [-0.25, -0.2) is 4.68 Å². The molecule has 2 N–H and O–H groups in total. The molecule has 0 fully saturated rings. The second-order valence-electron chi connectivity index (χ2n) is 6.46. The van der Waals surface area contributed by atoms with Gasteiger partial charge in [0, 0.05) is 18.1 Å². The highest BCUT2D eigenvalue weighted by Gasteiger charge is 2.17. The number of carbonyl (C=O) groups is 2. The Bertz CT molecular complexity index is 988. The number of ether oxygens (including phenoxy) is 1. The van der Waals surface area contributed by atoms with Crippen LogP contribution in [0.1, 0.15) is 12.5 Å². The van der Waals surface area contributed by atoms with Crippen LogP contribution in [-0.2, 0) is 9.59 Å². The van der Waals surface area contributed by atoms with Crippen molar-refractivity contribution in [2.24, 2.45) is 0 Å². The van der Waals surface area contributed by atoms with E-state index in [0.29, 0.717) is 16.5 Å². The zero-order chi connectivity index (χ0) is 20.8. The van der Waals surface area contributed by atoms with Gasteiger partial charge in [-0.05, 0) is 61.9 Å². The molecule has 3 rings (SSSR count). The lowest BCUT2D eigenvalue weighted by Gasteiger charge is -2.16. The third kappa shape index (κ3) is 5.58. The summed E-state index contributed by atoms with van der Waals surface area (Å²) in [5, 5.41) is 9.85. The van der Waals surface area contributed by atoms with Crippen molar-refractivity contribution in [1.29, 1.82) is 0 Å². The summed E-state index contributed by atoms with van der Waals surface area (Å²) in [6.45, 7) is 3.33. The number of benzene rings is 2. The van der Waals surface area contributed by atoms with E-state index in [-0.39, 0.29) is 12.5 Å². The third-order valence-corrected chi connectivity index (χ3v) is 4.42. The molecule has 1 atom stereocenters. The first-order chi connectivity index (χ1) is 13.9. The second kappa shape index (κ2) is 9.25. The number of carbonyl (C=O) groups excluding carboxylic acids is 2. The van der Waals surface area contributed by atoms with Gasteiger partial charge in [-0.1, -0.05) is 17.7 Å². The van der Waals surface area contributed by atoms with Gasteiger partial charge in [0.05, 0.1) is 17.3 Å². The van der Waals surface area contributed by atoms with Crippen LogP contribution < -0.4 is 15.4 Å². The number of hydrogen-bond donors (Lipinski definition) is 2. The lowest BCUT2D eigenvalue weighted by atomic mass is 10.2. The lowest BCUT2D eigenvalue weighted by Crippen LogP contribution is -2.40. The molecule has 0 saturated heterocycles. The minimum Gasteiger partial charge on any atom is -0.479 e. The molecule has 0 aliphatic heterocycles. The number of aromatic nitrogens is 2. The summed E-state index contributed by atoms with van der Waals surface area (Å²) >= 11 is 6.08. The van der Waals surface area contributed by atoms with Gasteiger partial charge in [-0.15, -0.1) is 0 Å². The van der Waals surface area contributed by atoms with Crippen molar-refractivity contribution in [2.75, 3.05) is 11.9 Å². The molecule has 0 saturated carbocycles. The van der Waals surface area contributed by atoms with Crippen LogP contribution in [0.5, 0.6) is 5.75 Å². The number of rotatable bonds is 7. The van der Waals surface area contributed by atoms with Crippen LogP contribution in [0.15, 0.2) is 60.9 Å². The Morgan fingerprint density at radius 1 is 1.21 bits per heavy atom. The number of nitrogens with zero attached hydrogens (tertiary/aromatic N) is 2. The Morgan fingerprint density at radius 3 is 2.66 bits per heavy atom. The predicted molar refractivity (Wildman–Crippen MR) is 111 cm³/mol. The van der Waals surface area contributed by atoms with Gasteiger partial charge in [-0.2, -0.15) is 5.10 Å². The van der Waals surface area contributed by atoms with E-state index in [1.54, 1.807) is 42.1 Å². The van der Waals surface area contributed by atoms with Gasteiger partial charge in [0.15, 0.2) is 6.10 Å². The quantitative estimate of drug-likeness (QED) is 0.623. The molecule has 0 aliphatic carbocycles. The van der Waals surface area contributed by atoms with Gasteiger partial charge >= 0.3 is 0 Å². The van der Waals surface area contributed by atoms with Crippen LogP contribution in [0.4, 0.5) is 5.69 Å². The maximum atomic E-state index is 12.2. The first kappa shape index (κ1) is 20.4. The van der Waals surface area contributed by atoms with Gasteiger partial charge in [0.1, 0.15) is 5.75 Å². The summed E-state index contributed by atoms with van der Waals surface area (Å²) in [4.78, 5) is 24.3. The first-order valence-electron chi connectivity index (χ1n) is 9.03. The maximum Gasteiger partial charge on any atom is 0.261 e. The summed E-state index contributed by atoms with van der Waals surface area (Å²) < 4.78 is 7.32. The van der Waals surface area contributed by atoms with E-state index < -0.39 is 12.0 Å². The van der Waals surface area contributed by atoms with E-state index in [2.05, 4.69) is 15.7 Å². The normalized spacial score (nSPS) is 11.6. The van der Waals surface area contributed by atoms with Crippen LogP contribution in [0.25, 0.3) is 5.69 Å². The molecular weight excluding hydrogens is 392 g/mol. The highest BCUT2D eigenvalue weighted by atomic mass is 35.5. The topological polar surface area (TPSA) is 85.2 Å². The Labute approximate surface area is 173 Å². The van der Waals surface area contributed by atoms with E-state index in [9.17, 15) is 9.59 Å². The van der Waals surface area contributed by atoms with E-state index in [4.69, 9.17) is 16.3 Å². The fraction of sp³-hybridized carbons (Fsp3) is 0.190. The van der Waals surface area contributed by atoms with Crippen molar-refractivity contribution in [3.8, 4) is 11.4 Å². The fourth-order valence-corrected chi connectivity index (χ4v) is 2.74. The number of anilines is 1. The monoisotopic (exact) mass is 412 g/mol. The average Bonchev–Trinajstić information content (AvgIpc) is 3.24. The second-order valence-corrected chi connectivity index (χ2v) is 6.86. The molecule has 150 valence electrons. The molecule has 1 aromatic heterocycles. The van der Waals surface area contributed by atoms with Gasteiger partial charge in [0.2, 0.25) is 5.91 Å². The standard InChI is InChI=1S/C21H21ClN4O3/c1-14-4-9-18(22)19(12-14)29-15(2)21(28)23-13-20(27)25-16-5-7-17(8-6-16)26-11-3-10-24-26/h3-12,15H,13H2,1-2H3,(H,23,28)(H,25,27). The van der Waals surface area contributed by atoms with Gasteiger partial charge in [-0.3, -0.25) is 9.59 Å². The van der Waals surface area contributed by atoms with E-state index >= 15 is 0 Å². The molecule has 1 unspecified atom stereocenters. The fourth-order valence-electron chi connectivity index (χ4n) is 2.58. The predicted octanol–water partition coefficient (Wildman–Crippen LogP) is 3.36. The molecule has 0 bridgehead atoms. The molecule has 7 nitrogen and oxygen atoms in total. The van der Waals surface area contributed by atoms with E-state index in [1.165, 1.54) is 0 Å². The van der Waals surface area contributed by atoms with Crippen LogP contribution in [-0.4, -0.2) is 34.2 Å². The number of halogens is 1. The molecule has 2 aromatic carbocycles. The summed E-state index contributed by atoms with van der Waals surface area (Å²) in [7, 11) is 0. The SMILES string of the molecule is Cc1ccc(Cl)c(OC(C)C(=O)NCC(=O)Nc2ccc(-n3cccn3)cc2)c1. The van der Waals surface area contributed by atoms with Crippen LogP contribution in [0, 0.1) is 6.92 Å². The maximum absolute atomic E-state index is 12.2. The van der Waals surface area contributed by atoms with Crippen molar-refractivity contribution in [1.82, 2.24) is 15.1 Å². The van der Waals surface area contributed by atoms with Crippen molar-refractivity contribution in [3.05, 3.63) is 71.5 Å². The van der Waals surface area contributed by atoms with Crippen molar-refractivity contribution in [3.63, 3.8) is 0 Å². The Balaban J connectivity index is 1.48. The minimum absolute atomic E-state index is 0.172. The number of aryl methyl sites for hydroxylation is 1. The third-order valence-electron chi connectivity index (χ3n) is 4.10. The van der Waals surface area contributed by atoms with Crippen molar-refractivity contribution < 1.29 is 14.3 Å². The number of amides is 2. The highest BCUT2D eigenvalue weighted by molar-refractivity contribution is 6.32. The molecule has 1 heterocycles. The number of hydrogen-bond acceptors (Lipinski definition) is 4. The molecular formula is C21H21ClN4O3. The molecule has 2 amide bonds. The van der Waals surface area contributed by atoms with Crippen molar-refractivity contribution >= 4 is 29.1 Å². The van der Waals surface area contributed by atoms with E-state index in [1.807, 2.05) is 37.4 Å². The smallest absolute Gasteiger partial charge is 0.261 e. The Kier molecular flexibility index (Phi) is 6.51. The zero-order valence-corrected chi connectivity index (χ0v) is 16.8. The molecule has 8 heteroatoms. The Morgan fingerprint density at radius 2 is 1.97 bits per heavy atom. The molecule has 0 radical (unpaired) electrons.